The molecular formula is C30H39N7O3. The number of carbonyl (C=O) groups is 2. The van der Waals surface area contributed by atoms with Crippen LogP contribution in [0.2, 0.25) is 0 Å². The summed E-state index contributed by atoms with van der Waals surface area (Å²) in [6, 6.07) is 9.42. The fourth-order valence-electron chi connectivity index (χ4n) is 4.15. The molecule has 0 bridgehead atoms. The number of ether oxygens (including phenoxy) is 1. The second-order valence-corrected chi connectivity index (χ2v) is 12.1. The van der Waals surface area contributed by atoms with E-state index >= 15 is 0 Å². The van der Waals surface area contributed by atoms with Crippen LogP contribution in [0.4, 0.5) is 11.4 Å². The molecule has 40 heavy (non-hydrogen) atoms. The third-order valence-corrected chi connectivity index (χ3v) is 6.49. The first-order valence-electron chi connectivity index (χ1n) is 13.2. The Hall–Kier alpha value is -4.31. The number of anilines is 2. The smallest absolute Gasteiger partial charge is 0.270 e. The summed E-state index contributed by atoms with van der Waals surface area (Å²) in [4.78, 5) is 30.3. The van der Waals surface area contributed by atoms with Crippen molar-refractivity contribution in [3.05, 3.63) is 77.6 Å². The van der Waals surface area contributed by atoms with E-state index in [9.17, 15) is 9.59 Å². The molecule has 2 amide bonds. The Morgan fingerprint density at radius 2 is 1.77 bits per heavy atom. The van der Waals surface area contributed by atoms with Crippen LogP contribution in [0.25, 0.3) is 5.69 Å². The first kappa shape index (κ1) is 28.7. The predicted molar refractivity (Wildman–Crippen MR) is 157 cm³/mol. The zero-order valence-corrected chi connectivity index (χ0v) is 24.5. The van der Waals surface area contributed by atoms with Gasteiger partial charge in [-0.3, -0.25) is 20.0 Å². The van der Waals surface area contributed by atoms with Crippen molar-refractivity contribution in [2.24, 2.45) is 5.41 Å². The number of aryl methyl sites for hydroxylation is 1. The van der Waals surface area contributed by atoms with Gasteiger partial charge in [-0.2, -0.15) is 0 Å². The SMILES string of the molecule is COc1c(NC(=O)c2ccc(C)c(N3C=C(C(=O)NCC(C)(C)C)NN3)c2)cc(C(C)(C)C)cc1-n1ccnc1. The van der Waals surface area contributed by atoms with Crippen molar-refractivity contribution >= 4 is 23.2 Å². The van der Waals surface area contributed by atoms with E-state index in [1.54, 1.807) is 43.0 Å². The molecule has 1 aliphatic rings. The number of hydrogen-bond donors (Lipinski definition) is 4. The highest BCUT2D eigenvalue weighted by molar-refractivity contribution is 6.06. The Labute approximate surface area is 235 Å². The van der Waals surface area contributed by atoms with Gasteiger partial charge in [0, 0.05) is 24.5 Å². The van der Waals surface area contributed by atoms with Crippen LogP contribution in [0.3, 0.4) is 0 Å². The van der Waals surface area contributed by atoms with E-state index in [-0.39, 0.29) is 22.6 Å². The van der Waals surface area contributed by atoms with Crippen molar-refractivity contribution < 1.29 is 14.3 Å². The van der Waals surface area contributed by atoms with Gasteiger partial charge in [0.05, 0.1) is 36.7 Å². The number of hydrogen-bond acceptors (Lipinski definition) is 7. The zero-order valence-electron chi connectivity index (χ0n) is 24.5. The van der Waals surface area contributed by atoms with Crippen molar-refractivity contribution in [3.8, 4) is 11.4 Å². The Morgan fingerprint density at radius 1 is 1.02 bits per heavy atom. The van der Waals surface area contributed by atoms with E-state index in [0.717, 1.165) is 22.5 Å². The summed E-state index contributed by atoms with van der Waals surface area (Å²) >= 11 is 0. The number of methoxy groups -OCH3 is 1. The van der Waals surface area contributed by atoms with E-state index in [1.807, 2.05) is 35.9 Å². The molecule has 1 aromatic heterocycles. The van der Waals surface area contributed by atoms with Gasteiger partial charge in [-0.15, -0.1) is 5.53 Å². The van der Waals surface area contributed by atoms with Crippen LogP contribution in [0.1, 0.15) is 63.0 Å². The van der Waals surface area contributed by atoms with E-state index in [0.29, 0.717) is 29.2 Å². The number of rotatable bonds is 7. The van der Waals surface area contributed by atoms with Gasteiger partial charge in [0.25, 0.3) is 11.8 Å². The lowest BCUT2D eigenvalue weighted by molar-refractivity contribution is -0.118. The molecular weight excluding hydrogens is 506 g/mol. The third kappa shape index (κ3) is 6.45. The average molecular weight is 546 g/mol. The molecule has 4 rings (SSSR count). The van der Waals surface area contributed by atoms with E-state index in [2.05, 4.69) is 68.1 Å². The summed E-state index contributed by atoms with van der Waals surface area (Å²) < 4.78 is 7.63. The van der Waals surface area contributed by atoms with Crippen LogP contribution >= 0.6 is 0 Å². The standard InChI is InChI=1S/C30H39N7O3/c1-19-9-10-20(13-24(19)37-16-23(34-35-37)28(39)32-17-29(2,3)4)27(38)33-22-14-21(30(5,6)7)15-25(26(22)40-8)36-12-11-31-18-36/h9-16,18,34-35H,17H2,1-8H3,(H,32,39)(H,33,38). The van der Waals surface area contributed by atoms with Crippen molar-refractivity contribution in [3.63, 3.8) is 0 Å². The molecule has 10 nitrogen and oxygen atoms in total. The molecule has 212 valence electrons. The first-order valence-corrected chi connectivity index (χ1v) is 13.2. The predicted octanol–water partition coefficient (Wildman–Crippen LogP) is 4.57. The number of nitrogens with one attached hydrogen (secondary N) is 4. The van der Waals surface area contributed by atoms with Gasteiger partial charge in [0.2, 0.25) is 0 Å². The quantitative estimate of drug-likeness (QED) is 0.344. The number of benzene rings is 2. The fraction of sp³-hybridized carbons (Fsp3) is 0.367. The number of carbonyl (C=O) groups excluding carboxylic acids is 2. The lowest BCUT2D eigenvalue weighted by Crippen LogP contribution is -2.40. The lowest BCUT2D eigenvalue weighted by atomic mass is 9.86. The minimum atomic E-state index is -0.290. The minimum absolute atomic E-state index is 0.0329. The molecule has 4 N–H and O–H groups in total. The highest BCUT2D eigenvalue weighted by Crippen LogP contribution is 2.38. The molecule has 0 atom stereocenters. The maximum absolute atomic E-state index is 13.6. The van der Waals surface area contributed by atoms with Gasteiger partial charge >= 0.3 is 0 Å². The first-order chi connectivity index (χ1) is 18.8. The average Bonchev–Trinajstić information content (AvgIpc) is 3.59. The normalized spacial score (nSPS) is 13.5. The number of nitrogens with zero attached hydrogens (tertiary/aromatic N) is 3. The highest BCUT2D eigenvalue weighted by atomic mass is 16.5. The number of imidazole rings is 1. The van der Waals surface area contributed by atoms with Crippen LogP contribution in [0.5, 0.6) is 5.75 Å². The van der Waals surface area contributed by atoms with E-state index < -0.39 is 0 Å². The molecule has 2 aromatic carbocycles. The molecule has 0 unspecified atom stereocenters. The zero-order chi connectivity index (χ0) is 29.2. The van der Waals surface area contributed by atoms with Crippen LogP contribution in [0.15, 0.2) is 60.9 Å². The molecule has 0 aliphatic carbocycles. The van der Waals surface area contributed by atoms with Gasteiger partial charge in [-0.1, -0.05) is 47.6 Å². The highest BCUT2D eigenvalue weighted by Gasteiger charge is 2.24. The summed E-state index contributed by atoms with van der Waals surface area (Å²) in [6.45, 7) is 15.0. The number of amides is 2. The van der Waals surface area contributed by atoms with Crippen molar-refractivity contribution in [1.29, 1.82) is 0 Å². The maximum Gasteiger partial charge on any atom is 0.270 e. The Balaban J connectivity index is 1.62. The van der Waals surface area contributed by atoms with Crippen molar-refractivity contribution in [2.75, 3.05) is 24.0 Å². The topological polar surface area (TPSA) is 113 Å². The van der Waals surface area contributed by atoms with Crippen molar-refractivity contribution in [1.82, 2.24) is 25.8 Å². The van der Waals surface area contributed by atoms with E-state index in [4.69, 9.17) is 4.74 Å². The largest absolute Gasteiger partial charge is 0.492 e. The van der Waals surface area contributed by atoms with Gasteiger partial charge < -0.3 is 19.9 Å². The third-order valence-electron chi connectivity index (χ3n) is 6.49. The Kier molecular flexibility index (Phi) is 7.93. The lowest BCUT2D eigenvalue weighted by Gasteiger charge is -2.24. The molecule has 0 saturated carbocycles. The minimum Gasteiger partial charge on any atom is -0.492 e. The number of hydrazine groups is 2. The Bertz CT molecular complexity index is 1430. The van der Waals surface area contributed by atoms with Gasteiger partial charge in [0.15, 0.2) is 5.75 Å². The molecule has 2 heterocycles. The monoisotopic (exact) mass is 545 g/mol. The van der Waals surface area contributed by atoms with Crippen LogP contribution in [0, 0.1) is 12.3 Å². The molecule has 0 fully saturated rings. The molecule has 0 radical (unpaired) electrons. The summed E-state index contributed by atoms with van der Waals surface area (Å²) in [6.07, 6.45) is 6.91. The molecule has 10 heteroatoms. The molecule has 3 aromatic rings. The van der Waals surface area contributed by atoms with Crippen LogP contribution < -0.4 is 31.3 Å². The molecule has 0 saturated heterocycles. The second kappa shape index (κ2) is 11.1. The molecule has 0 spiro atoms. The summed E-state index contributed by atoms with van der Waals surface area (Å²) in [5, 5.41) is 7.68. The van der Waals surface area contributed by atoms with Gasteiger partial charge in [-0.05, 0) is 53.1 Å². The number of aromatic nitrogens is 2. The fourth-order valence-corrected chi connectivity index (χ4v) is 4.15. The van der Waals surface area contributed by atoms with E-state index in [1.165, 1.54) is 0 Å². The summed E-state index contributed by atoms with van der Waals surface area (Å²) in [5.74, 6) is 0.0309. The van der Waals surface area contributed by atoms with Crippen LogP contribution in [-0.4, -0.2) is 35.0 Å². The summed E-state index contributed by atoms with van der Waals surface area (Å²) in [5.41, 5.74) is 10.6. The van der Waals surface area contributed by atoms with Crippen molar-refractivity contribution in [2.45, 2.75) is 53.9 Å². The Morgan fingerprint density at radius 3 is 2.40 bits per heavy atom. The maximum atomic E-state index is 13.6. The van der Waals surface area contributed by atoms with Gasteiger partial charge in [0.1, 0.15) is 5.70 Å². The van der Waals surface area contributed by atoms with Gasteiger partial charge in [-0.25, -0.2) is 4.98 Å². The molecule has 1 aliphatic heterocycles. The summed E-state index contributed by atoms with van der Waals surface area (Å²) in [7, 11) is 1.58. The van der Waals surface area contributed by atoms with Crippen LogP contribution in [-0.2, 0) is 10.2 Å². The second-order valence-electron chi connectivity index (χ2n) is 12.1.